The fourth-order valence-corrected chi connectivity index (χ4v) is 2.30. The van der Waals surface area contributed by atoms with E-state index in [1.807, 2.05) is 6.07 Å². The summed E-state index contributed by atoms with van der Waals surface area (Å²) in [6, 6.07) is 11.8. The second kappa shape index (κ2) is 7.56. The van der Waals surface area contributed by atoms with Crippen LogP contribution in [0.1, 0.15) is 27.8 Å². The molecule has 0 saturated carbocycles. The molecule has 0 radical (unpaired) electrons. The molecule has 0 bridgehead atoms. The first-order valence-corrected chi connectivity index (χ1v) is 7.88. The lowest BCUT2D eigenvalue weighted by Crippen LogP contribution is -2.05. The summed E-state index contributed by atoms with van der Waals surface area (Å²) in [5.41, 5.74) is 1.57. The van der Waals surface area contributed by atoms with Crippen molar-refractivity contribution in [3.63, 3.8) is 0 Å². The fraction of sp³-hybridized carbons (Fsp3) is 0.167. The Kier molecular flexibility index (Phi) is 5.02. The molecular weight excluding hydrogens is 336 g/mol. The molecule has 0 saturated heterocycles. The van der Waals surface area contributed by atoms with Gasteiger partial charge >= 0.3 is 11.9 Å². The van der Waals surface area contributed by atoms with Gasteiger partial charge in [-0.1, -0.05) is 6.07 Å². The number of nitrogens with zero attached hydrogens (tertiary/aromatic N) is 4. The molecule has 26 heavy (non-hydrogen) atoms. The summed E-state index contributed by atoms with van der Waals surface area (Å²) in [5, 5.41) is 8.30. The molecule has 0 spiro atoms. The second-order valence-electron chi connectivity index (χ2n) is 5.17. The zero-order chi connectivity index (χ0) is 18.5. The Morgan fingerprint density at radius 3 is 2.54 bits per heavy atom. The Hall–Kier alpha value is -3.55. The number of rotatable bonds is 5. The molecule has 3 aromatic rings. The number of pyridine rings is 1. The molecule has 2 heterocycles. The molecule has 0 amide bonds. The van der Waals surface area contributed by atoms with Crippen LogP contribution in [-0.4, -0.2) is 35.0 Å². The number of methoxy groups -OCH3 is 1. The van der Waals surface area contributed by atoms with Crippen LogP contribution in [0.5, 0.6) is 0 Å². The average molecular weight is 352 g/mol. The maximum Gasteiger partial charge on any atom is 0.360 e. The third-order valence-corrected chi connectivity index (χ3v) is 3.52. The van der Waals surface area contributed by atoms with Crippen molar-refractivity contribution in [1.82, 2.24) is 9.38 Å². The minimum atomic E-state index is -0.564. The minimum absolute atomic E-state index is 0.0907. The normalized spacial score (nSPS) is 11.0. The number of carbonyl (C=O) groups excluding carboxylic acids is 2. The van der Waals surface area contributed by atoms with Gasteiger partial charge < -0.3 is 9.47 Å². The first-order chi connectivity index (χ1) is 12.6. The van der Waals surface area contributed by atoms with E-state index in [0.29, 0.717) is 16.9 Å². The van der Waals surface area contributed by atoms with Crippen molar-refractivity contribution in [1.29, 1.82) is 0 Å². The molecule has 8 heteroatoms. The van der Waals surface area contributed by atoms with E-state index in [1.54, 1.807) is 53.9 Å². The molecule has 0 aliphatic carbocycles. The molecule has 2 aromatic heterocycles. The van der Waals surface area contributed by atoms with Crippen molar-refractivity contribution in [3.8, 4) is 0 Å². The number of hydrogen-bond acceptors (Lipinski definition) is 7. The number of carbonyl (C=O) groups is 2. The number of azo groups is 1. The van der Waals surface area contributed by atoms with Gasteiger partial charge in [0.1, 0.15) is 5.65 Å². The van der Waals surface area contributed by atoms with Crippen LogP contribution in [0.3, 0.4) is 0 Å². The van der Waals surface area contributed by atoms with Crippen molar-refractivity contribution >= 4 is 29.1 Å². The standard InChI is InChI=1S/C18H16N4O4/c1-3-26-18(24)15-16(22-11-5-4-6-14(22)19-15)21-20-13-9-7-12(8-10-13)17(23)25-2/h4-11H,3H2,1-2H3. The summed E-state index contributed by atoms with van der Waals surface area (Å²) < 4.78 is 11.3. The van der Waals surface area contributed by atoms with E-state index in [1.165, 1.54) is 7.11 Å². The summed E-state index contributed by atoms with van der Waals surface area (Å²) in [4.78, 5) is 27.9. The van der Waals surface area contributed by atoms with Gasteiger partial charge in [-0.2, -0.15) is 0 Å². The summed E-state index contributed by atoms with van der Waals surface area (Å²) in [6.45, 7) is 1.95. The lowest BCUT2D eigenvalue weighted by atomic mass is 10.2. The van der Waals surface area contributed by atoms with Gasteiger partial charge in [0.25, 0.3) is 0 Å². The predicted octanol–water partition coefficient (Wildman–Crippen LogP) is 3.71. The number of imidazole rings is 1. The Bertz CT molecular complexity index is 977. The lowest BCUT2D eigenvalue weighted by molar-refractivity contribution is 0.0520. The maximum atomic E-state index is 12.1. The highest BCUT2D eigenvalue weighted by molar-refractivity contribution is 5.93. The van der Waals surface area contributed by atoms with E-state index < -0.39 is 11.9 Å². The van der Waals surface area contributed by atoms with Crippen LogP contribution in [0.15, 0.2) is 58.9 Å². The van der Waals surface area contributed by atoms with Gasteiger partial charge in [-0.3, -0.25) is 4.40 Å². The van der Waals surface area contributed by atoms with Gasteiger partial charge in [0.2, 0.25) is 0 Å². The highest BCUT2D eigenvalue weighted by Gasteiger charge is 2.20. The Morgan fingerprint density at radius 2 is 1.85 bits per heavy atom. The van der Waals surface area contributed by atoms with Crippen molar-refractivity contribution in [2.75, 3.05) is 13.7 Å². The monoisotopic (exact) mass is 352 g/mol. The van der Waals surface area contributed by atoms with E-state index in [2.05, 4.69) is 19.9 Å². The van der Waals surface area contributed by atoms with Gasteiger partial charge in [0.15, 0.2) is 11.5 Å². The SMILES string of the molecule is CCOC(=O)c1nc2ccccn2c1N=Nc1ccc(C(=O)OC)cc1. The van der Waals surface area contributed by atoms with Gasteiger partial charge in [-0.15, -0.1) is 10.2 Å². The first kappa shape index (κ1) is 17.3. The second-order valence-corrected chi connectivity index (χ2v) is 5.17. The Balaban J connectivity index is 1.96. The Morgan fingerprint density at radius 1 is 1.08 bits per heavy atom. The summed E-state index contributed by atoms with van der Waals surface area (Å²) in [5.74, 6) is -0.720. The van der Waals surface area contributed by atoms with Gasteiger partial charge in [0, 0.05) is 6.20 Å². The van der Waals surface area contributed by atoms with Gasteiger partial charge in [-0.25, -0.2) is 14.6 Å². The van der Waals surface area contributed by atoms with Gasteiger partial charge in [0.05, 0.1) is 25.0 Å². The number of hydrogen-bond donors (Lipinski definition) is 0. The van der Waals surface area contributed by atoms with E-state index >= 15 is 0 Å². The topological polar surface area (TPSA) is 94.6 Å². The first-order valence-electron chi connectivity index (χ1n) is 7.88. The van der Waals surface area contributed by atoms with Crippen LogP contribution >= 0.6 is 0 Å². The zero-order valence-electron chi connectivity index (χ0n) is 14.2. The quantitative estimate of drug-likeness (QED) is 0.515. The van der Waals surface area contributed by atoms with Crippen LogP contribution in [-0.2, 0) is 9.47 Å². The van der Waals surface area contributed by atoms with Crippen LogP contribution in [0.4, 0.5) is 11.5 Å². The number of benzene rings is 1. The number of esters is 2. The molecule has 0 aliphatic rings. The highest BCUT2D eigenvalue weighted by Crippen LogP contribution is 2.25. The zero-order valence-corrected chi connectivity index (χ0v) is 14.2. The summed E-state index contributed by atoms with van der Waals surface area (Å²) in [6.07, 6.45) is 1.74. The molecule has 8 nitrogen and oxygen atoms in total. The number of ether oxygens (including phenoxy) is 2. The fourth-order valence-electron chi connectivity index (χ4n) is 2.30. The predicted molar refractivity (Wildman–Crippen MR) is 93.1 cm³/mol. The average Bonchev–Trinajstić information content (AvgIpc) is 3.05. The van der Waals surface area contributed by atoms with E-state index in [0.717, 1.165) is 0 Å². The van der Waals surface area contributed by atoms with E-state index in [-0.39, 0.29) is 18.1 Å². The van der Waals surface area contributed by atoms with Crippen LogP contribution in [0.2, 0.25) is 0 Å². The third kappa shape index (κ3) is 3.44. The van der Waals surface area contributed by atoms with Crippen LogP contribution < -0.4 is 0 Å². The molecular formula is C18H16N4O4. The molecule has 3 rings (SSSR count). The van der Waals surface area contributed by atoms with Crippen molar-refractivity contribution in [3.05, 3.63) is 59.9 Å². The van der Waals surface area contributed by atoms with Crippen LogP contribution in [0, 0.1) is 0 Å². The molecule has 0 aliphatic heterocycles. The Labute approximate surface area is 149 Å². The molecule has 132 valence electrons. The van der Waals surface area contributed by atoms with Crippen molar-refractivity contribution < 1.29 is 19.1 Å². The molecule has 0 N–H and O–H groups in total. The lowest BCUT2D eigenvalue weighted by Gasteiger charge is -2.00. The third-order valence-electron chi connectivity index (χ3n) is 3.52. The van der Waals surface area contributed by atoms with Crippen molar-refractivity contribution in [2.24, 2.45) is 10.2 Å². The largest absolute Gasteiger partial charge is 0.465 e. The molecule has 1 aromatic carbocycles. The van der Waals surface area contributed by atoms with E-state index in [4.69, 9.17) is 4.74 Å². The van der Waals surface area contributed by atoms with Crippen molar-refractivity contribution in [2.45, 2.75) is 6.92 Å². The van der Waals surface area contributed by atoms with Gasteiger partial charge in [-0.05, 0) is 43.3 Å². The van der Waals surface area contributed by atoms with Crippen LogP contribution in [0.25, 0.3) is 5.65 Å². The minimum Gasteiger partial charge on any atom is -0.465 e. The molecule has 0 atom stereocenters. The smallest absolute Gasteiger partial charge is 0.360 e. The molecule has 0 unspecified atom stereocenters. The summed E-state index contributed by atoms with van der Waals surface area (Å²) >= 11 is 0. The molecule has 0 fully saturated rings. The maximum absolute atomic E-state index is 12.1. The van der Waals surface area contributed by atoms with E-state index in [9.17, 15) is 9.59 Å². The summed E-state index contributed by atoms with van der Waals surface area (Å²) in [7, 11) is 1.32. The highest BCUT2D eigenvalue weighted by atomic mass is 16.5. The number of fused-ring (bicyclic) bond motifs is 1. The number of aromatic nitrogens is 2.